The number of nitrogens with one attached hydrogen (secondary N) is 1. The van der Waals surface area contributed by atoms with Crippen LogP contribution in [0.25, 0.3) is 0 Å². The molecule has 3 rings (SSSR count). The molecule has 0 aliphatic heterocycles. The minimum atomic E-state index is -0.535. The number of aromatic nitrogens is 3. The van der Waals surface area contributed by atoms with E-state index >= 15 is 0 Å². The van der Waals surface area contributed by atoms with Gasteiger partial charge in [0.25, 0.3) is 0 Å². The zero-order valence-corrected chi connectivity index (χ0v) is 20.2. The number of aryl methyl sites for hydroxylation is 1. The molecule has 1 N–H and O–H groups in total. The SMILES string of the molecule is C=CCn1c(COc2ccc(F)c(Cl)c2)nnc1SCC(=O)Nc1sc(C)cc1C(=O)OC. The monoisotopic (exact) mass is 510 g/mol. The first-order chi connectivity index (χ1) is 15.8. The molecule has 0 fully saturated rings. The van der Waals surface area contributed by atoms with E-state index in [-0.39, 0.29) is 23.3 Å². The van der Waals surface area contributed by atoms with Crippen molar-refractivity contribution in [3.05, 3.63) is 64.0 Å². The lowest BCUT2D eigenvalue weighted by atomic mass is 10.3. The van der Waals surface area contributed by atoms with E-state index in [0.717, 1.165) is 4.88 Å². The molecule has 174 valence electrons. The predicted molar refractivity (Wildman–Crippen MR) is 126 cm³/mol. The Morgan fingerprint density at radius 2 is 2.15 bits per heavy atom. The summed E-state index contributed by atoms with van der Waals surface area (Å²) in [5.41, 5.74) is 0.313. The molecule has 3 aromatic rings. The van der Waals surface area contributed by atoms with Crippen molar-refractivity contribution in [2.75, 3.05) is 18.2 Å². The van der Waals surface area contributed by atoms with Gasteiger partial charge in [0.05, 0.1) is 23.4 Å². The van der Waals surface area contributed by atoms with Crippen LogP contribution in [-0.2, 0) is 22.7 Å². The lowest BCUT2D eigenvalue weighted by Gasteiger charge is -2.10. The molecule has 0 radical (unpaired) electrons. The van der Waals surface area contributed by atoms with Crippen LogP contribution in [0.4, 0.5) is 9.39 Å². The highest BCUT2D eigenvalue weighted by Gasteiger charge is 2.19. The summed E-state index contributed by atoms with van der Waals surface area (Å²) < 4.78 is 25.5. The van der Waals surface area contributed by atoms with Gasteiger partial charge in [-0.2, -0.15) is 0 Å². The highest BCUT2D eigenvalue weighted by molar-refractivity contribution is 7.99. The lowest BCUT2D eigenvalue weighted by Crippen LogP contribution is -2.16. The normalized spacial score (nSPS) is 10.7. The van der Waals surface area contributed by atoms with E-state index in [0.29, 0.717) is 33.8 Å². The van der Waals surface area contributed by atoms with Gasteiger partial charge in [-0.3, -0.25) is 9.36 Å². The topological polar surface area (TPSA) is 95.3 Å². The molecule has 33 heavy (non-hydrogen) atoms. The fraction of sp³-hybridized carbons (Fsp3) is 0.238. The van der Waals surface area contributed by atoms with Crippen molar-refractivity contribution in [1.82, 2.24) is 14.8 Å². The van der Waals surface area contributed by atoms with E-state index < -0.39 is 11.8 Å². The summed E-state index contributed by atoms with van der Waals surface area (Å²) in [4.78, 5) is 25.2. The summed E-state index contributed by atoms with van der Waals surface area (Å²) in [6.45, 7) is 6.04. The van der Waals surface area contributed by atoms with Gasteiger partial charge in [-0.15, -0.1) is 28.1 Å². The number of hydrogen-bond acceptors (Lipinski definition) is 8. The first-order valence-electron chi connectivity index (χ1n) is 9.54. The van der Waals surface area contributed by atoms with E-state index in [1.165, 1.54) is 48.4 Å². The van der Waals surface area contributed by atoms with Crippen molar-refractivity contribution in [3.8, 4) is 5.75 Å². The molecule has 0 saturated heterocycles. The Balaban J connectivity index is 1.64. The van der Waals surface area contributed by atoms with Gasteiger partial charge in [0, 0.05) is 17.5 Å². The third-order valence-corrected chi connectivity index (χ3v) is 6.43. The summed E-state index contributed by atoms with van der Waals surface area (Å²) in [6.07, 6.45) is 1.67. The van der Waals surface area contributed by atoms with E-state index in [1.54, 1.807) is 16.7 Å². The summed E-state index contributed by atoms with van der Waals surface area (Å²) in [5, 5.41) is 11.9. The van der Waals surface area contributed by atoms with E-state index in [1.807, 2.05) is 6.92 Å². The van der Waals surface area contributed by atoms with Crippen LogP contribution >= 0.6 is 34.7 Å². The molecule has 0 atom stereocenters. The molecular formula is C21H20ClFN4O4S2. The zero-order chi connectivity index (χ0) is 24.0. The number of benzene rings is 1. The molecule has 0 spiro atoms. The van der Waals surface area contributed by atoms with Crippen LogP contribution in [0.3, 0.4) is 0 Å². The molecule has 0 bridgehead atoms. The molecule has 12 heteroatoms. The van der Waals surface area contributed by atoms with Gasteiger partial charge in [0.1, 0.15) is 23.2 Å². The summed E-state index contributed by atoms with van der Waals surface area (Å²) >= 11 is 8.25. The number of nitrogens with zero attached hydrogens (tertiary/aromatic N) is 3. The smallest absolute Gasteiger partial charge is 0.340 e. The van der Waals surface area contributed by atoms with E-state index in [9.17, 15) is 14.0 Å². The Labute approximate surface area is 202 Å². The largest absolute Gasteiger partial charge is 0.486 e. The Hall–Kier alpha value is -2.89. The Morgan fingerprint density at radius 3 is 2.85 bits per heavy atom. The van der Waals surface area contributed by atoms with Gasteiger partial charge in [0.2, 0.25) is 5.91 Å². The molecule has 1 amide bonds. The third kappa shape index (κ3) is 6.34. The number of allylic oxidation sites excluding steroid dienone is 1. The molecule has 8 nitrogen and oxygen atoms in total. The average Bonchev–Trinajstić information content (AvgIpc) is 3.35. The summed E-state index contributed by atoms with van der Waals surface area (Å²) in [5.74, 6) is -0.427. The fourth-order valence-corrected chi connectivity index (χ4v) is 4.57. The van der Waals surface area contributed by atoms with Gasteiger partial charge < -0.3 is 14.8 Å². The quantitative estimate of drug-likeness (QED) is 0.239. The molecule has 2 aromatic heterocycles. The number of amides is 1. The first kappa shape index (κ1) is 24.7. The number of halogens is 2. The molecule has 1 aromatic carbocycles. The predicted octanol–water partition coefficient (Wildman–Crippen LogP) is 4.72. The zero-order valence-electron chi connectivity index (χ0n) is 17.8. The molecule has 0 aliphatic rings. The second kappa shape index (κ2) is 11.3. The van der Waals surface area contributed by atoms with Gasteiger partial charge in [0.15, 0.2) is 11.0 Å². The summed E-state index contributed by atoms with van der Waals surface area (Å²) in [7, 11) is 1.29. The minimum absolute atomic E-state index is 0.0429. The van der Waals surface area contributed by atoms with Crippen LogP contribution in [0.2, 0.25) is 5.02 Å². The van der Waals surface area contributed by atoms with Crippen LogP contribution in [0, 0.1) is 12.7 Å². The standard InChI is InChI=1S/C21H20ClFN4O4S2/c1-4-7-27-17(10-31-13-5-6-16(23)15(22)9-13)25-26-21(27)32-11-18(28)24-19-14(20(29)30-3)8-12(2)33-19/h4-6,8-9H,1,7,10-11H2,2-3H3,(H,24,28). The molecular weight excluding hydrogens is 491 g/mol. The Morgan fingerprint density at radius 1 is 1.36 bits per heavy atom. The van der Waals surface area contributed by atoms with Gasteiger partial charge >= 0.3 is 5.97 Å². The van der Waals surface area contributed by atoms with Gasteiger partial charge in [-0.1, -0.05) is 29.4 Å². The van der Waals surface area contributed by atoms with Crippen LogP contribution in [0.5, 0.6) is 5.75 Å². The highest BCUT2D eigenvalue weighted by atomic mass is 35.5. The number of esters is 1. The molecule has 0 aliphatic carbocycles. The molecule has 0 unspecified atom stereocenters. The summed E-state index contributed by atoms with van der Waals surface area (Å²) in [6, 6.07) is 5.72. The maximum absolute atomic E-state index is 13.3. The number of methoxy groups -OCH3 is 1. The van der Waals surface area contributed by atoms with Crippen LogP contribution in [0.1, 0.15) is 21.1 Å². The fourth-order valence-electron chi connectivity index (χ4n) is 2.72. The Kier molecular flexibility index (Phi) is 8.48. The maximum Gasteiger partial charge on any atom is 0.340 e. The Bertz CT molecular complexity index is 1180. The number of ether oxygens (including phenoxy) is 2. The lowest BCUT2D eigenvalue weighted by molar-refractivity contribution is -0.113. The van der Waals surface area contributed by atoms with Crippen molar-refractivity contribution in [1.29, 1.82) is 0 Å². The number of hydrogen-bond donors (Lipinski definition) is 1. The van der Waals surface area contributed by atoms with Crippen molar-refractivity contribution >= 4 is 51.6 Å². The number of carbonyl (C=O) groups is 2. The number of carbonyl (C=O) groups excluding carboxylic acids is 2. The van der Waals surface area contributed by atoms with Gasteiger partial charge in [-0.05, 0) is 25.1 Å². The minimum Gasteiger partial charge on any atom is -0.486 e. The van der Waals surface area contributed by atoms with Crippen molar-refractivity contribution in [2.24, 2.45) is 0 Å². The van der Waals surface area contributed by atoms with E-state index in [2.05, 4.69) is 22.1 Å². The van der Waals surface area contributed by atoms with Crippen LogP contribution in [-0.4, -0.2) is 39.5 Å². The molecule has 2 heterocycles. The van der Waals surface area contributed by atoms with Crippen LogP contribution < -0.4 is 10.1 Å². The van der Waals surface area contributed by atoms with Crippen molar-refractivity contribution in [3.63, 3.8) is 0 Å². The first-order valence-corrected chi connectivity index (χ1v) is 11.7. The molecule has 0 saturated carbocycles. The second-order valence-corrected chi connectivity index (χ2v) is 9.20. The van der Waals surface area contributed by atoms with Gasteiger partial charge in [-0.25, -0.2) is 9.18 Å². The number of rotatable bonds is 10. The third-order valence-electron chi connectivity index (χ3n) is 4.21. The average molecular weight is 511 g/mol. The second-order valence-electron chi connectivity index (χ2n) is 6.59. The number of thiophene rings is 1. The number of anilines is 1. The van der Waals surface area contributed by atoms with Crippen molar-refractivity contribution in [2.45, 2.75) is 25.2 Å². The van der Waals surface area contributed by atoms with Crippen LogP contribution in [0.15, 0.2) is 42.1 Å². The maximum atomic E-state index is 13.3. The van der Waals surface area contributed by atoms with Crippen molar-refractivity contribution < 1.29 is 23.5 Å². The number of thioether (sulfide) groups is 1. The highest BCUT2D eigenvalue weighted by Crippen LogP contribution is 2.29. The van der Waals surface area contributed by atoms with E-state index in [4.69, 9.17) is 21.1 Å².